The lowest BCUT2D eigenvalue weighted by molar-refractivity contribution is -0.626. The van der Waals surface area contributed by atoms with Gasteiger partial charge in [0.1, 0.15) is 0 Å². The van der Waals surface area contributed by atoms with E-state index in [-0.39, 0.29) is 35.1 Å². The Labute approximate surface area is 146 Å². The summed E-state index contributed by atoms with van der Waals surface area (Å²) >= 11 is 3.32. The second-order valence-corrected chi connectivity index (χ2v) is 8.81. The van der Waals surface area contributed by atoms with Crippen molar-refractivity contribution in [2.45, 2.75) is 0 Å². The standard InChI is InChI=1S/C18H14BrNO4/c19-7-3-1-6(2-4-7)8(21)5-24-16(23)18-12-9-13(18)11-14(18)10(12)17(9,11)15(20)22/h1-4,9-14H,5H2,(H2,20,22). The van der Waals surface area contributed by atoms with Crippen molar-refractivity contribution in [3.05, 3.63) is 34.3 Å². The van der Waals surface area contributed by atoms with E-state index in [4.69, 9.17) is 10.5 Å². The van der Waals surface area contributed by atoms with Gasteiger partial charge in [-0.05, 0) is 47.6 Å². The third-order valence-corrected chi connectivity index (χ3v) is 8.44. The smallest absolute Gasteiger partial charge is 0.313 e. The van der Waals surface area contributed by atoms with Crippen molar-refractivity contribution in [3.63, 3.8) is 0 Å². The summed E-state index contributed by atoms with van der Waals surface area (Å²) in [6.07, 6.45) is 0. The molecule has 5 nitrogen and oxygen atoms in total. The van der Waals surface area contributed by atoms with E-state index in [0.717, 1.165) is 4.47 Å². The molecule has 6 heteroatoms. The van der Waals surface area contributed by atoms with Crippen molar-refractivity contribution >= 4 is 33.6 Å². The number of nitrogens with two attached hydrogens (primary N) is 1. The van der Waals surface area contributed by atoms with Gasteiger partial charge in [0.15, 0.2) is 12.4 Å². The van der Waals surface area contributed by atoms with Crippen LogP contribution in [0.2, 0.25) is 0 Å². The fourth-order valence-corrected chi connectivity index (χ4v) is 7.67. The predicted molar refractivity (Wildman–Crippen MR) is 84.4 cm³/mol. The Bertz CT molecular complexity index is 807. The highest BCUT2D eigenvalue weighted by Gasteiger charge is 3.13. The van der Waals surface area contributed by atoms with Crippen LogP contribution in [0.1, 0.15) is 10.4 Å². The summed E-state index contributed by atoms with van der Waals surface area (Å²) in [5, 5.41) is 0. The van der Waals surface area contributed by atoms with Crippen LogP contribution >= 0.6 is 15.9 Å². The number of benzene rings is 1. The fourth-order valence-electron chi connectivity index (χ4n) is 7.40. The van der Waals surface area contributed by atoms with Crippen molar-refractivity contribution < 1.29 is 19.1 Å². The maximum atomic E-state index is 12.6. The van der Waals surface area contributed by atoms with Gasteiger partial charge in [0.2, 0.25) is 5.91 Å². The molecule has 24 heavy (non-hydrogen) atoms. The summed E-state index contributed by atoms with van der Waals surface area (Å²) in [5.74, 6) is 1.26. The van der Waals surface area contributed by atoms with E-state index in [1.54, 1.807) is 24.3 Å². The number of hydrogen-bond donors (Lipinski definition) is 1. The molecule has 7 rings (SSSR count). The third-order valence-electron chi connectivity index (χ3n) is 7.91. The first-order valence-electron chi connectivity index (χ1n) is 8.24. The van der Waals surface area contributed by atoms with Crippen molar-refractivity contribution in [1.82, 2.24) is 0 Å². The Kier molecular flexibility index (Phi) is 2.05. The van der Waals surface area contributed by atoms with Crippen LogP contribution in [-0.4, -0.2) is 24.3 Å². The molecule has 1 aromatic carbocycles. The van der Waals surface area contributed by atoms with Gasteiger partial charge >= 0.3 is 5.97 Å². The van der Waals surface area contributed by atoms with Gasteiger partial charge in [-0.3, -0.25) is 14.4 Å². The number of halogens is 1. The molecule has 6 saturated carbocycles. The topological polar surface area (TPSA) is 86.5 Å². The molecule has 1 amide bonds. The molecule has 0 bridgehead atoms. The highest BCUT2D eigenvalue weighted by molar-refractivity contribution is 9.10. The number of hydrogen-bond acceptors (Lipinski definition) is 4. The summed E-state index contributed by atoms with van der Waals surface area (Å²) in [7, 11) is 0. The number of esters is 1. The second kappa shape index (κ2) is 3.62. The van der Waals surface area contributed by atoms with Crippen molar-refractivity contribution in [2.24, 2.45) is 52.1 Å². The van der Waals surface area contributed by atoms with Crippen molar-refractivity contribution in [1.29, 1.82) is 0 Å². The number of ether oxygens (including phenoxy) is 1. The molecule has 0 unspecified atom stereocenters. The highest BCUT2D eigenvalue weighted by atomic mass is 79.9. The minimum absolute atomic E-state index is 0.168. The van der Waals surface area contributed by atoms with E-state index >= 15 is 0 Å². The summed E-state index contributed by atoms with van der Waals surface area (Å²) in [6, 6.07) is 7.00. The first kappa shape index (κ1) is 13.6. The van der Waals surface area contributed by atoms with Gasteiger partial charge < -0.3 is 10.5 Å². The van der Waals surface area contributed by atoms with Crippen LogP contribution in [0.5, 0.6) is 0 Å². The normalized spacial score (nSPS) is 49.4. The highest BCUT2D eigenvalue weighted by Crippen LogP contribution is 3.10. The van der Waals surface area contributed by atoms with Crippen LogP contribution in [0, 0.1) is 46.3 Å². The largest absolute Gasteiger partial charge is 0.457 e. The lowest BCUT2D eigenvalue weighted by atomic mass is 8.92. The van der Waals surface area contributed by atoms with Gasteiger partial charge in [-0.15, -0.1) is 0 Å². The first-order valence-corrected chi connectivity index (χ1v) is 9.03. The van der Waals surface area contributed by atoms with Crippen LogP contribution in [-0.2, 0) is 14.3 Å². The molecule has 0 spiro atoms. The van der Waals surface area contributed by atoms with Crippen LogP contribution in [0.25, 0.3) is 0 Å². The lowest BCUT2D eigenvalue weighted by Gasteiger charge is -3.09. The van der Waals surface area contributed by atoms with E-state index in [0.29, 0.717) is 41.1 Å². The summed E-state index contributed by atoms with van der Waals surface area (Å²) < 4.78 is 6.27. The van der Waals surface area contributed by atoms with Crippen LogP contribution in [0.4, 0.5) is 0 Å². The van der Waals surface area contributed by atoms with Gasteiger partial charge in [0, 0.05) is 10.0 Å². The molecule has 0 aromatic heterocycles. The zero-order valence-electron chi connectivity index (χ0n) is 12.6. The number of carbonyl (C=O) groups excluding carboxylic acids is 3. The molecule has 0 atom stereocenters. The number of rotatable bonds is 5. The number of primary amides is 1. The molecule has 6 aliphatic rings. The van der Waals surface area contributed by atoms with Gasteiger partial charge in [0.25, 0.3) is 0 Å². The van der Waals surface area contributed by atoms with Crippen molar-refractivity contribution in [3.8, 4) is 0 Å². The fraction of sp³-hybridized carbons (Fsp3) is 0.500. The molecule has 122 valence electrons. The molecule has 0 radical (unpaired) electrons. The minimum Gasteiger partial charge on any atom is -0.457 e. The molecule has 0 heterocycles. The van der Waals surface area contributed by atoms with Crippen LogP contribution < -0.4 is 5.73 Å². The Hall–Kier alpha value is -1.69. The Morgan fingerprint density at radius 3 is 1.96 bits per heavy atom. The summed E-state index contributed by atoms with van der Waals surface area (Å²) in [6.45, 7) is -0.213. The lowest BCUT2D eigenvalue weighted by Crippen LogP contribution is -3.12. The third kappa shape index (κ3) is 0.949. The van der Waals surface area contributed by atoms with Crippen LogP contribution in [0.3, 0.4) is 0 Å². The van der Waals surface area contributed by atoms with E-state index in [1.165, 1.54) is 0 Å². The molecule has 0 aliphatic heterocycles. The zero-order valence-corrected chi connectivity index (χ0v) is 14.2. The molecule has 6 fully saturated rings. The SMILES string of the molecule is NC(=O)C12C3C4C1C1C2C3C41C(=O)OCC(=O)c1ccc(Br)cc1. The van der Waals surface area contributed by atoms with Crippen LogP contribution in [0.15, 0.2) is 28.7 Å². The second-order valence-electron chi connectivity index (χ2n) is 7.89. The van der Waals surface area contributed by atoms with Gasteiger partial charge in [-0.25, -0.2) is 0 Å². The minimum atomic E-state index is -0.364. The number of Topliss-reactive ketones (excluding diaryl/α,β-unsaturated/α-hetero) is 1. The molecule has 6 aliphatic carbocycles. The Balaban J connectivity index is 1.14. The number of ketones is 1. The molecule has 0 saturated heterocycles. The Morgan fingerprint density at radius 2 is 1.46 bits per heavy atom. The van der Waals surface area contributed by atoms with E-state index in [2.05, 4.69) is 15.9 Å². The molecule has 1 aromatic rings. The average Bonchev–Trinajstić information content (AvgIpc) is 2.59. The summed E-state index contributed by atoms with van der Waals surface area (Å²) in [5.41, 5.74) is 5.49. The van der Waals surface area contributed by atoms with E-state index in [1.807, 2.05) is 0 Å². The maximum absolute atomic E-state index is 12.6. The van der Waals surface area contributed by atoms with Gasteiger partial charge in [0.05, 0.1) is 10.8 Å². The maximum Gasteiger partial charge on any atom is 0.313 e. The summed E-state index contributed by atoms with van der Waals surface area (Å²) in [4.78, 5) is 36.5. The monoisotopic (exact) mass is 387 g/mol. The number of amides is 1. The molecule has 2 N–H and O–H groups in total. The quantitative estimate of drug-likeness (QED) is 0.610. The first-order chi connectivity index (χ1) is 11.5. The van der Waals surface area contributed by atoms with E-state index in [9.17, 15) is 14.4 Å². The van der Waals surface area contributed by atoms with Crippen molar-refractivity contribution in [2.75, 3.05) is 6.61 Å². The number of carbonyl (C=O) groups is 3. The molecular weight excluding hydrogens is 374 g/mol. The average molecular weight is 388 g/mol. The molecular formula is C18H14BrNO4. The predicted octanol–water partition coefficient (Wildman–Crippen LogP) is 1.40. The Morgan fingerprint density at radius 1 is 0.958 bits per heavy atom. The van der Waals surface area contributed by atoms with Gasteiger partial charge in [-0.1, -0.05) is 28.1 Å². The van der Waals surface area contributed by atoms with E-state index < -0.39 is 0 Å². The van der Waals surface area contributed by atoms with Gasteiger partial charge in [-0.2, -0.15) is 0 Å². The zero-order chi connectivity index (χ0) is 16.6.